The molecule has 0 bridgehead atoms. The number of aromatic nitrogens is 1. The zero-order chi connectivity index (χ0) is 14.3. The summed E-state index contributed by atoms with van der Waals surface area (Å²) in [6, 6.07) is 7.34. The van der Waals surface area contributed by atoms with E-state index in [1.54, 1.807) is 23.4 Å². The highest BCUT2D eigenvalue weighted by atomic mass is 16.2. The van der Waals surface area contributed by atoms with Gasteiger partial charge in [0.15, 0.2) is 0 Å². The van der Waals surface area contributed by atoms with E-state index in [1.807, 2.05) is 32.0 Å². The van der Waals surface area contributed by atoms with E-state index in [-0.39, 0.29) is 0 Å². The Morgan fingerprint density at radius 1 is 1.15 bits per heavy atom. The van der Waals surface area contributed by atoms with Crippen LogP contribution in [-0.2, 0) is 11.3 Å². The molecule has 0 N–H and O–H groups in total. The van der Waals surface area contributed by atoms with E-state index in [4.69, 9.17) is 0 Å². The standard InChI is InChI=1S/C16H14N2O2/c1-10-5-6-13-14(11(10)2)18(16(20)15(13)19)9-12-4-3-7-17-8-12/h3-8H,9H2,1-2H3. The fourth-order valence-electron chi connectivity index (χ4n) is 2.50. The number of carbonyl (C=O) groups is 2. The molecule has 0 saturated heterocycles. The van der Waals surface area contributed by atoms with Crippen LogP contribution in [0, 0.1) is 13.8 Å². The van der Waals surface area contributed by atoms with Gasteiger partial charge >= 0.3 is 0 Å². The summed E-state index contributed by atoms with van der Waals surface area (Å²) in [5.74, 6) is -0.885. The molecule has 2 heterocycles. The van der Waals surface area contributed by atoms with E-state index >= 15 is 0 Å². The van der Waals surface area contributed by atoms with Gasteiger partial charge in [0.25, 0.3) is 11.7 Å². The molecule has 1 aliphatic heterocycles. The van der Waals surface area contributed by atoms with Gasteiger partial charge in [0.05, 0.1) is 17.8 Å². The van der Waals surface area contributed by atoms with Gasteiger partial charge in [0, 0.05) is 12.4 Å². The number of ketones is 1. The second-order valence-corrected chi connectivity index (χ2v) is 4.99. The van der Waals surface area contributed by atoms with E-state index < -0.39 is 11.7 Å². The lowest BCUT2D eigenvalue weighted by Gasteiger charge is -2.19. The Morgan fingerprint density at radius 2 is 1.95 bits per heavy atom. The quantitative estimate of drug-likeness (QED) is 0.784. The lowest BCUT2D eigenvalue weighted by atomic mass is 10.0. The van der Waals surface area contributed by atoms with Crippen LogP contribution in [0.1, 0.15) is 27.0 Å². The summed E-state index contributed by atoms with van der Waals surface area (Å²) in [5, 5.41) is 0. The van der Waals surface area contributed by atoms with Crippen molar-refractivity contribution in [3.8, 4) is 0 Å². The maximum absolute atomic E-state index is 12.2. The van der Waals surface area contributed by atoms with Crippen LogP contribution in [0.4, 0.5) is 5.69 Å². The van der Waals surface area contributed by atoms with Gasteiger partial charge in [-0.2, -0.15) is 0 Å². The summed E-state index contributed by atoms with van der Waals surface area (Å²) in [7, 11) is 0. The number of hydrogen-bond donors (Lipinski definition) is 0. The van der Waals surface area contributed by atoms with E-state index in [9.17, 15) is 9.59 Å². The van der Waals surface area contributed by atoms with Crippen molar-refractivity contribution in [2.45, 2.75) is 20.4 Å². The van der Waals surface area contributed by atoms with Gasteiger partial charge in [-0.1, -0.05) is 12.1 Å². The number of rotatable bonds is 2. The third kappa shape index (κ3) is 1.81. The van der Waals surface area contributed by atoms with Crippen molar-refractivity contribution in [1.82, 2.24) is 4.98 Å². The number of anilines is 1. The van der Waals surface area contributed by atoms with Gasteiger partial charge in [-0.15, -0.1) is 0 Å². The van der Waals surface area contributed by atoms with Crippen molar-refractivity contribution in [3.05, 3.63) is 58.9 Å². The molecule has 0 unspecified atom stereocenters. The van der Waals surface area contributed by atoms with Crippen molar-refractivity contribution in [2.75, 3.05) is 4.90 Å². The first kappa shape index (κ1) is 12.5. The molecular weight excluding hydrogens is 252 g/mol. The summed E-state index contributed by atoms with van der Waals surface area (Å²) in [6.07, 6.45) is 3.39. The van der Waals surface area contributed by atoms with Crippen LogP contribution in [0.2, 0.25) is 0 Å². The van der Waals surface area contributed by atoms with E-state index in [0.717, 1.165) is 22.4 Å². The Kier molecular flexibility index (Phi) is 2.86. The van der Waals surface area contributed by atoms with Crippen LogP contribution >= 0.6 is 0 Å². The number of hydrogen-bond acceptors (Lipinski definition) is 3. The fourth-order valence-corrected chi connectivity index (χ4v) is 2.50. The van der Waals surface area contributed by atoms with E-state index in [0.29, 0.717) is 12.1 Å². The normalized spacial score (nSPS) is 13.8. The lowest BCUT2D eigenvalue weighted by Crippen LogP contribution is -2.29. The van der Waals surface area contributed by atoms with Crippen LogP contribution < -0.4 is 4.90 Å². The summed E-state index contributed by atoms with van der Waals surface area (Å²) < 4.78 is 0. The van der Waals surface area contributed by atoms with Crippen LogP contribution in [0.5, 0.6) is 0 Å². The maximum atomic E-state index is 12.2. The topological polar surface area (TPSA) is 50.3 Å². The molecule has 1 aliphatic rings. The summed E-state index contributed by atoms with van der Waals surface area (Å²) >= 11 is 0. The molecule has 0 atom stereocenters. The van der Waals surface area contributed by atoms with Gasteiger partial charge in [0.2, 0.25) is 0 Å². The van der Waals surface area contributed by atoms with Crippen molar-refractivity contribution in [3.63, 3.8) is 0 Å². The zero-order valence-corrected chi connectivity index (χ0v) is 11.4. The molecule has 20 heavy (non-hydrogen) atoms. The number of pyridine rings is 1. The number of aryl methyl sites for hydroxylation is 1. The molecule has 0 aliphatic carbocycles. The molecule has 0 spiro atoms. The SMILES string of the molecule is Cc1ccc2c(c1C)N(Cc1cccnc1)C(=O)C2=O. The molecule has 3 rings (SSSR count). The highest BCUT2D eigenvalue weighted by Gasteiger charge is 2.37. The monoisotopic (exact) mass is 266 g/mol. The minimum Gasteiger partial charge on any atom is -0.300 e. The molecule has 1 aromatic carbocycles. The number of carbonyl (C=O) groups excluding carboxylic acids is 2. The highest BCUT2D eigenvalue weighted by Crippen LogP contribution is 2.34. The van der Waals surface area contributed by atoms with Gasteiger partial charge in [-0.05, 0) is 42.7 Å². The molecule has 4 heteroatoms. The van der Waals surface area contributed by atoms with Crippen LogP contribution in [0.15, 0.2) is 36.7 Å². The minimum absolute atomic E-state index is 0.371. The molecule has 0 fully saturated rings. The van der Waals surface area contributed by atoms with Gasteiger partial charge in [-0.25, -0.2) is 0 Å². The number of Topliss-reactive ketones (excluding diaryl/α,β-unsaturated/α-hetero) is 1. The first-order valence-corrected chi connectivity index (χ1v) is 6.45. The molecule has 1 amide bonds. The Hall–Kier alpha value is -2.49. The van der Waals surface area contributed by atoms with Crippen LogP contribution in [0.3, 0.4) is 0 Å². The second-order valence-electron chi connectivity index (χ2n) is 4.99. The smallest absolute Gasteiger partial charge is 0.299 e. The maximum Gasteiger partial charge on any atom is 0.299 e. The highest BCUT2D eigenvalue weighted by molar-refractivity contribution is 6.52. The summed E-state index contributed by atoms with van der Waals surface area (Å²) in [5.41, 5.74) is 4.20. The number of amides is 1. The molecule has 4 nitrogen and oxygen atoms in total. The number of nitrogens with zero attached hydrogens (tertiary/aromatic N) is 2. The Labute approximate surface area is 117 Å². The average Bonchev–Trinajstić information content (AvgIpc) is 2.70. The Balaban J connectivity index is 2.08. The van der Waals surface area contributed by atoms with Crippen molar-refractivity contribution in [1.29, 1.82) is 0 Å². The lowest BCUT2D eigenvalue weighted by molar-refractivity contribution is -0.114. The second kappa shape index (κ2) is 4.56. The van der Waals surface area contributed by atoms with Crippen molar-refractivity contribution in [2.24, 2.45) is 0 Å². The average molecular weight is 266 g/mol. The van der Waals surface area contributed by atoms with Crippen molar-refractivity contribution >= 4 is 17.4 Å². The first-order valence-electron chi connectivity index (χ1n) is 6.45. The largest absolute Gasteiger partial charge is 0.300 e. The van der Waals surface area contributed by atoms with Crippen molar-refractivity contribution < 1.29 is 9.59 Å². The third-order valence-electron chi connectivity index (χ3n) is 3.72. The van der Waals surface area contributed by atoms with Gasteiger partial charge in [-0.3, -0.25) is 19.5 Å². The molecule has 0 saturated carbocycles. The summed E-state index contributed by atoms with van der Waals surface area (Å²) in [6.45, 7) is 4.29. The molecule has 2 aromatic rings. The third-order valence-corrected chi connectivity index (χ3v) is 3.72. The fraction of sp³-hybridized carbons (Fsp3) is 0.188. The summed E-state index contributed by atoms with van der Waals surface area (Å²) in [4.78, 5) is 29.8. The van der Waals surface area contributed by atoms with Crippen LogP contribution in [0.25, 0.3) is 0 Å². The predicted molar refractivity (Wildman–Crippen MR) is 75.7 cm³/mol. The first-order chi connectivity index (χ1) is 9.59. The van der Waals surface area contributed by atoms with Gasteiger partial charge in [0.1, 0.15) is 0 Å². The number of benzene rings is 1. The Bertz CT molecular complexity index is 708. The molecular formula is C16H14N2O2. The van der Waals surface area contributed by atoms with Gasteiger partial charge < -0.3 is 0 Å². The minimum atomic E-state index is -0.461. The Morgan fingerprint density at radius 3 is 2.65 bits per heavy atom. The molecule has 100 valence electrons. The molecule has 0 radical (unpaired) electrons. The van der Waals surface area contributed by atoms with E-state index in [2.05, 4.69) is 4.98 Å². The zero-order valence-electron chi connectivity index (χ0n) is 11.4. The molecule has 1 aromatic heterocycles. The predicted octanol–water partition coefficient (Wildman–Crippen LogP) is 2.43. The van der Waals surface area contributed by atoms with Crippen LogP contribution in [-0.4, -0.2) is 16.7 Å². The number of fused-ring (bicyclic) bond motifs is 1. The van der Waals surface area contributed by atoms with E-state index in [1.165, 1.54) is 0 Å².